The fraction of sp³-hybridized carbons (Fsp3) is 0.448. The van der Waals surface area contributed by atoms with E-state index in [1.165, 1.54) is 12.1 Å². The Hall–Kier alpha value is -3.26. The first-order valence-corrected chi connectivity index (χ1v) is 15.1. The molecule has 0 saturated carbocycles. The third-order valence-electron chi connectivity index (χ3n) is 6.36. The molecule has 0 aliphatic carbocycles. The molecule has 2 N–H and O–H groups in total. The summed E-state index contributed by atoms with van der Waals surface area (Å²) in [6.07, 6.45) is -4.24. The molecule has 4 rings (SSSR count). The van der Waals surface area contributed by atoms with E-state index in [1.54, 1.807) is 30.3 Å². The minimum absolute atomic E-state index is 0.0369. The Balaban J connectivity index is 1.68. The normalized spacial score (nSPS) is 16.8. The van der Waals surface area contributed by atoms with Crippen LogP contribution in [0.25, 0.3) is 11.3 Å². The van der Waals surface area contributed by atoms with Gasteiger partial charge in [-0.3, -0.25) is 4.72 Å². The summed E-state index contributed by atoms with van der Waals surface area (Å²) in [5, 5.41) is 9.93. The number of rotatable bonds is 5. The van der Waals surface area contributed by atoms with Crippen LogP contribution in [0.15, 0.2) is 59.6 Å². The lowest BCUT2D eigenvalue weighted by atomic mass is 10.00. The van der Waals surface area contributed by atoms with E-state index >= 15 is 0 Å². The first kappa shape index (κ1) is 31.7. The van der Waals surface area contributed by atoms with Gasteiger partial charge in [-0.2, -0.15) is 21.6 Å². The summed E-state index contributed by atoms with van der Waals surface area (Å²) in [7, 11) is -4.30. The standard InChI is InChI=1S/C29H35F3N4O5S/c1-28(2,3)41-26(37)13-7-16-36-17-8-18-40-19-20-9-4-5-10-21(20)27-22(29(30,31)32)14-15-23(33-27)35-42(38,39)25-12-6-11-24(36)34-25/h4-6,9-12,14-15,26,37H,7-8,13,16-19H2,1-3H3,(H,33,35). The third-order valence-corrected chi connectivity index (χ3v) is 7.62. The molecular formula is C29H35F3N4O5S. The summed E-state index contributed by atoms with van der Waals surface area (Å²) >= 11 is 0. The number of hydrogen-bond acceptors (Lipinski definition) is 8. The highest BCUT2D eigenvalue weighted by molar-refractivity contribution is 7.92. The van der Waals surface area contributed by atoms with Crippen molar-refractivity contribution in [2.75, 3.05) is 29.3 Å². The van der Waals surface area contributed by atoms with Crippen LogP contribution in [0.3, 0.4) is 0 Å². The quantitative estimate of drug-likeness (QED) is 0.360. The highest BCUT2D eigenvalue weighted by Crippen LogP contribution is 2.38. The fourth-order valence-corrected chi connectivity index (χ4v) is 5.52. The lowest BCUT2D eigenvalue weighted by molar-refractivity contribution is -0.168. The average molecular weight is 609 g/mol. The SMILES string of the molecule is CC(C)(C)OC(O)CCCN1CCCOCc2ccccc2-c2nc(ccc2C(F)(F)F)NS(=O)(=O)c2cccc1n2. The Bertz CT molecular complexity index is 1480. The molecule has 9 nitrogen and oxygen atoms in total. The van der Waals surface area contributed by atoms with Crippen LogP contribution in [-0.4, -0.2) is 55.1 Å². The van der Waals surface area contributed by atoms with Gasteiger partial charge in [0.1, 0.15) is 11.6 Å². The van der Waals surface area contributed by atoms with Crippen LogP contribution in [0, 0.1) is 0 Å². The predicted octanol–water partition coefficient (Wildman–Crippen LogP) is 5.60. The van der Waals surface area contributed by atoms with Gasteiger partial charge in [0, 0.05) is 25.3 Å². The number of aliphatic hydroxyl groups is 1. The Kier molecular flexibility index (Phi) is 9.76. The van der Waals surface area contributed by atoms with E-state index < -0.39 is 39.3 Å². The van der Waals surface area contributed by atoms with Gasteiger partial charge in [0.15, 0.2) is 11.3 Å². The lowest BCUT2D eigenvalue weighted by Gasteiger charge is -2.27. The molecule has 42 heavy (non-hydrogen) atoms. The smallest absolute Gasteiger partial charge is 0.377 e. The van der Waals surface area contributed by atoms with E-state index in [4.69, 9.17) is 9.47 Å². The van der Waals surface area contributed by atoms with Gasteiger partial charge in [-0.25, -0.2) is 9.97 Å². The fourth-order valence-electron chi connectivity index (χ4n) is 4.55. The molecule has 1 atom stereocenters. The molecular weight excluding hydrogens is 573 g/mol. The Morgan fingerprint density at radius 1 is 1.07 bits per heavy atom. The monoisotopic (exact) mass is 608 g/mol. The molecule has 0 fully saturated rings. The minimum Gasteiger partial charge on any atom is -0.377 e. The van der Waals surface area contributed by atoms with Crippen molar-refractivity contribution >= 4 is 21.7 Å². The van der Waals surface area contributed by atoms with E-state index in [0.29, 0.717) is 50.3 Å². The van der Waals surface area contributed by atoms with Crippen molar-refractivity contribution in [3.8, 4) is 11.3 Å². The maximum atomic E-state index is 14.0. The molecule has 0 saturated heterocycles. The maximum absolute atomic E-state index is 14.0. The van der Waals surface area contributed by atoms with Gasteiger partial charge in [0.25, 0.3) is 10.0 Å². The van der Waals surface area contributed by atoms with E-state index in [1.807, 2.05) is 25.7 Å². The van der Waals surface area contributed by atoms with Crippen molar-refractivity contribution in [1.82, 2.24) is 9.97 Å². The van der Waals surface area contributed by atoms with Gasteiger partial charge in [-0.15, -0.1) is 0 Å². The number of pyridine rings is 2. The Morgan fingerprint density at radius 2 is 1.83 bits per heavy atom. The Morgan fingerprint density at radius 3 is 2.57 bits per heavy atom. The number of sulfonamides is 1. The molecule has 3 heterocycles. The zero-order chi connectivity index (χ0) is 30.5. The minimum atomic E-state index is -4.72. The predicted molar refractivity (Wildman–Crippen MR) is 152 cm³/mol. The number of benzene rings is 1. The van der Waals surface area contributed by atoms with Crippen molar-refractivity contribution in [3.05, 3.63) is 65.7 Å². The van der Waals surface area contributed by atoms with Gasteiger partial charge in [0.2, 0.25) is 0 Å². The first-order valence-electron chi connectivity index (χ1n) is 13.6. The second kappa shape index (κ2) is 12.9. The number of anilines is 2. The number of hydrogen-bond donors (Lipinski definition) is 2. The van der Waals surface area contributed by atoms with Gasteiger partial charge >= 0.3 is 6.18 Å². The second-order valence-corrected chi connectivity index (χ2v) is 12.5. The number of nitrogens with one attached hydrogen (secondary N) is 1. The summed E-state index contributed by atoms with van der Waals surface area (Å²) in [5.41, 5.74) is -1.22. The molecule has 1 aliphatic heterocycles. The zero-order valence-electron chi connectivity index (χ0n) is 23.7. The zero-order valence-corrected chi connectivity index (χ0v) is 24.5. The number of aromatic nitrogens is 2. The van der Waals surface area contributed by atoms with Crippen molar-refractivity contribution in [1.29, 1.82) is 0 Å². The van der Waals surface area contributed by atoms with E-state index in [0.717, 1.165) is 12.1 Å². The summed E-state index contributed by atoms with van der Waals surface area (Å²) in [6, 6.07) is 12.8. The van der Waals surface area contributed by atoms with Crippen molar-refractivity contribution in [2.24, 2.45) is 0 Å². The van der Waals surface area contributed by atoms with Gasteiger partial charge < -0.3 is 19.5 Å². The number of nitrogens with zero attached hydrogens (tertiary/aromatic N) is 3. The van der Waals surface area contributed by atoms with Crippen LogP contribution in [-0.2, 0) is 32.3 Å². The van der Waals surface area contributed by atoms with Gasteiger partial charge in [-0.1, -0.05) is 30.3 Å². The highest BCUT2D eigenvalue weighted by atomic mass is 32.2. The Labute approximate surface area is 243 Å². The number of fused-ring (bicyclic) bond motifs is 6. The van der Waals surface area contributed by atoms with E-state index in [2.05, 4.69) is 14.7 Å². The topological polar surface area (TPSA) is 114 Å². The molecule has 0 amide bonds. The van der Waals surface area contributed by atoms with Crippen LogP contribution in [0.4, 0.5) is 24.8 Å². The van der Waals surface area contributed by atoms with Gasteiger partial charge in [0.05, 0.1) is 23.5 Å². The van der Waals surface area contributed by atoms with Crippen LogP contribution >= 0.6 is 0 Å². The molecule has 1 aliphatic rings. The molecule has 1 aromatic carbocycles. The maximum Gasteiger partial charge on any atom is 0.418 e. The van der Waals surface area contributed by atoms with Crippen molar-refractivity contribution in [3.63, 3.8) is 0 Å². The van der Waals surface area contributed by atoms with Crippen LogP contribution < -0.4 is 9.62 Å². The van der Waals surface area contributed by atoms with E-state index in [-0.39, 0.29) is 23.0 Å². The molecule has 3 aromatic rings. The number of aliphatic hydroxyl groups excluding tert-OH is 1. The number of ether oxygens (including phenoxy) is 2. The largest absolute Gasteiger partial charge is 0.418 e. The van der Waals surface area contributed by atoms with E-state index in [9.17, 15) is 26.7 Å². The summed E-state index contributed by atoms with van der Waals surface area (Å²) in [5.74, 6) is 0.111. The molecule has 0 radical (unpaired) electrons. The van der Waals surface area contributed by atoms with Crippen molar-refractivity contribution in [2.45, 2.75) is 69.7 Å². The number of halogens is 3. The molecule has 4 bridgehead atoms. The molecule has 13 heteroatoms. The molecule has 228 valence electrons. The first-order chi connectivity index (χ1) is 19.7. The lowest BCUT2D eigenvalue weighted by Crippen LogP contribution is -2.31. The summed E-state index contributed by atoms with van der Waals surface area (Å²) < 4.78 is 82.2. The summed E-state index contributed by atoms with van der Waals surface area (Å²) in [4.78, 5) is 10.4. The number of alkyl halides is 3. The van der Waals surface area contributed by atoms with Crippen LogP contribution in [0.2, 0.25) is 0 Å². The molecule has 1 unspecified atom stereocenters. The molecule has 2 aromatic heterocycles. The van der Waals surface area contributed by atoms with Crippen LogP contribution in [0.1, 0.15) is 51.2 Å². The van der Waals surface area contributed by atoms with Crippen molar-refractivity contribution < 1.29 is 36.2 Å². The second-order valence-electron chi connectivity index (χ2n) is 10.9. The highest BCUT2D eigenvalue weighted by Gasteiger charge is 2.35. The molecule has 0 spiro atoms. The third kappa shape index (κ3) is 8.40. The van der Waals surface area contributed by atoms with Gasteiger partial charge in [-0.05, 0) is 69.9 Å². The average Bonchev–Trinajstić information content (AvgIpc) is 2.90. The summed E-state index contributed by atoms with van der Waals surface area (Å²) in [6.45, 7) is 6.80. The van der Waals surface area contributed by atoms with Crippen LogP contribution in [0.5, 0.6) is 0 Å².